The molecule has 0 unspecified atom stereocenters. The number of aryl methyl sites for hydroxylation is 1. The first-order valence-electron chi connectivity index (χ1n) is 5.84. The van der Waals surface area contributed by atoms with Gasteiger partial charge in [0.1, 0.15) is 5.82 Å². The Balaban J connectivity index is 2.78. The van der Waals surface area contributed by atoms with Crippen molar-refractivity contribution in [1.29, 1.82) is 0 Å². The van der Waals surface area contributed by atoms with Gasteiger partial charge in [0.15, 0.2) is 0 Å². The Morgan fingerprint density at radius 3 is 2.76 bits per heavy atom. The van der Waals surface area contributed by atoms with Crippen LogP contribution < -0.4 is 5.32 Å². The van der Waals surface area contributed by atoms with E-state index >= 15 is 0 Å². The predicted octanol–water partition coefficient (Wildman–Crippen LogP) is 3.51. The molecular formula is C13H20N4. The smallest absolute Gasteiger partial charge is 0.136 e. The molecule has 1 aromatic heterocycles. The van der Waals surface area contributed by atoms with Crippen LogP contribution in [0.5, 0.6) is 0 Å². The summed E-state index contributed by atoms with van der Waals surface area (Å²) in [4.78, 5) is 8.15. The number of hydrogen-bond acceptors (Lipinski definition) is 2. The molecule has 0 aromatic carbocycles. The van der Waals surface area contributed by atoms with Crippen LogP contribution >= 0.6 is 0 Å². The maximum Gasteiger partial charge on any atom is 0.136 e. The molecule has 0 bridgehead atoms. The minimum absolute atomic E-state index is 0.879. The molecule has 0 radical (unpaired) electrons. The number of nitrogens with one attached hydrogen (secondary N) is 1. The fraction of sp³-hybridized carbons (Fsp3) is 0.385. The Morgan fingerprint density at radius 2 is 2.24 bits per heavy atom. The van der Waals surface area contributed by atoms with E-state index in [4.69, 9.17) is 0 Å². The maximum absolute atomic E-state index is 4.12. The summed E-state index contributed by atoms with van der Waals surface area (Å²) < 4.78 is 2.06. The van der Waals surface area contributed by atoms with Gasteiger partial charge in [-0.1, -0.05) is 13.0 Å². The second kappa shape index (κ2) is 6.68. The second-order valence-corrected chi connectivity index (χ2v) is 3.65. The highest BCUT2D eigenvalue weighted by atomic mass is 15.1. The molecule has 0 saturated heterocycles. The molecular weight excluding hydrogens is 212 g/mol. The number of aliphatic imine (C=N–C) groups is 2. The van der Waals surface area contributed by atoms with E-state index in [0.717, 1.165) is 30.0 Å². The summed E-state index contributed by atoms with van der Waals surface area (Å²) in [5.41, 5.74) is 2.11. The van der Waals surface area contributed by atoms with Gasteiger partial charge in [-0.15, -0.1) is 0 Å². The lowest BCUT2D eigenvalue weighted by atomic mass is 10.3. The van der Waals surface area contributed by atoms with Crippen molar-refractivity contribution in [1.82, 2.24) is 4.57 Å². The molecule has 1 rings (SSSR count). The third kappa shape index (κ3) is 3.31. The first kappa shape index (κ1) is 13.2. The highest BCUT2D eigenvalue weighted by Crippen LogP contribution is 2.27. The topological polar surface area (TPSA) is 41.7 Å². The zero-order chi connectivity index (χ0) is 12.7. The van der Waals surface area contributed by atoms with Gasteiger partial charge in [0.2, 0.25) is 0 Å². The van der Waals surface area contributed by atoms with Crippen molar-refractivity contribution in [2.24, 2.45) is 9.98 Å². The average Bonchev–Trinajstić information content (AvgIpc) is 2.65. The first-order chi connectivity index (χ1) is 8.24. The Morgan fingerprint density at radius 1 is 1.47 bits per heavy atom. The van der Waals surface area contributed by atoms with Crippen molar-refractivity contribution < 1.29 is 0 Å². The van der Waals surface area contributed by atoms with E-state index in [9.17, 15) is 0 Å². The molecule has 0 fully saturated rings. The van der Waals surface area contributed by atoms with Crippen LogP contribution in [0.3, 0.4) is 0 Å². The van der Waals surface area contributed by atoms with E-state index in [-0.39, 0.29) is 0 Å². The van der Waals surface area contributed by atoms with Crippen molar-refractivity contribution in [3.05, 3.63) is 24.0 Å². The highest BCUT2D eigenvalue weighted by Gasteiger charge is 2.08. The largest absolute Gasteiger partial charge is 0.345 e. The summed E-state index contributed by atoms with van der Waals surface area (Å²) >= 11 is 0. The lowest BCUT2D eigenvalue weighted by Crippen LogP contribution is -1.94. The van der Waals surface area contributed by atoms with Crippen molar-refractivity contribution >= 4 is 24.6 Å². The van der Waals surface area contributed by atoms with E-state index in [1.807, 2.05) is 19.2 Å². The van der Waals surface area contributed by atoms with Crippen LogP contribution in [0.2, 0.25) is 0 Å². The van der Waals surface area contributed by atoms with E-state index in [1.54, 1.807) is 12.5 Å². The first-order valence-corrected chi connectivity index (χ1v) is 5.84. The van der Waals surface area contributed by atoms with Gasteiger partial charge in [-0.25, -0.2) is 9.98 Å². The molecule has 0 spiro atoms. The predicted molar refractivity (Wildman–Crippen MR) is 75.6 cm³/mol. The molecule has 1 aromatic rings. The van der Waals surface area contributed by atoms with Gasteiger partial charge in [-0.2, -0.15) is 0 Å². The third-order valence-corrected chi connectivity index (χ3v) is 2.51. The summed E-state index contributed by atoms with van der Waals surface area (Å²) in [6.45, 7) is 10.6. The summed E-state index contributed by atoms with van der Waals surface area (Å²) in [5.74, 6) is 0.910. The quantitative estimate of drug-likeness (QED) is 0.592. The Bertz CT molecular complexity index is 427. The Hall–Kier alpha value is -1.84. The minimum Gasteiger partial charge on any atom is -0.345 e. The van der Waals surface area contributed by atoms with Gasteiger partial charge < -0.3 is 9.88 Å². The SMILES string of the molecule is C=Nc1c(C)c(NC=N/C=C/CC)cn1CC. The molecule has 1 N–H and O–H groups in total. The fourth-order valence-electron chi connectivity index (χ4n) is 1.56. The standard InChI is InChI=1S/C13H20N4/c1-5-7-8-15-10-16-12-9-17(6-2)13(14-4)11(12)3/h7-10H,4-6H2,1-3H3,(H,15,16)/b8-7+. The van der Waals surface area contributed by atoms with Crippen LogP contribution in [0.1, 0.15) is 25.8 Å². The van der Waals surface area contributed by atoms with Crippen LogP contribution in [0.25, 0.3) is 0 Å². The molecule has 0 amide bonds. The van der Waals surface area contributed by atoms with Crippen molar-refractivity contribution in [3.8, 4) is 0 Å². The third-order valence-electron chi connectivity index (χ3n) is 2.51. The van der Waals surface area contributed by atoms with E-state index in [0.29, 0.717) is 0 Å². The van der Waals surface area contributed by atoms with Crippen LogP contribution in [-0.2, 0) is 6.54 Å². The van der Waals surface area contributed by atoms with Crippen molar-refractivity contribution in [2.75, 3.05) is 5.32 Å². The van der Waals surface area contributed by atoms with Crippen LogP contribution in [0.4, 0.5) is 11.5 Å². The zero-order valence-electron chi connectivity index (χ0n) is 10.8. The van der Waals surface area contributed by atoms with Crippen LogP contribution in [0, 0.1) is 6.92 Å². The number of hydrogen-bond donors (Lipinski definition) is 1. The molecule has 0 saturated carbocycles. The second-order valence-electron chi connectivity index (χ2n) is 3.65. The minimum atomic E-state index is 0.879. The highest BCUT2D eigenvalue weighted by molar-refractivity contribution is 5.79. The number of nitrogens with zero attached hydrogens (tertiary/aromatic N) is 3. The summed E-state index contributed by atoms with van der Waals surface area (Å²) in [6, 6.07) is 0. The Labute approximate surface area is 103 Å². The summed E-state index contributed by atoms with van der Waals surface area (Å²) in [5, 5.41) is 3.15. The van der Waals surface area contributed by atoms with Gasteiger partial charge in [0.25, 0.3) is 0 Å². The molecule has 0 aliphatic carbocycles. The van der Waals surface area contributed by atoms with Gasteiger partial charge in [-0.3, -0.25) is 0 Å². The zero-order valence-corrected chi connectivity index (χ0v) is 10.8. The summed E-state index contributed by atoms with van der Waals surface area (Å²) in [6.07, 6.45) is 8.48. The molecule has 0 aliphatic heterocycles. The van der Waals surface area contributed by atoms with E-state index < -0.39 is 0 Å². The average molecular weight is 232 g/mol. The Kier molecular flexibility index (Phi) is 5.20. The van der Waals surface area contributed by atoms with Crippen LogP contribution in [0.15, 0.2) is 28.5 Å². The van der Waals surface area contributed by atoms with Gasteiger partial charge in [0.05, 0.1) is 12.0 Å². The number of rotatable bonds is 6. The van der Waals surface area contributed by atoms with E-state index in [2.05, 4.69) is 40.4 Å². The lowest BCUT2D eigenvalue weighted by molar-refractivity contribution is 0.772. The number of anilines is 1. The van der Waals surface area contributed by atoms with Crippen molar-refractivity contribution in [3.63, 3.8) is 0 Å². The molecule has 17 heavy (non-hydrogen) atoms. The van der Waals surface area contributed by atoms with Crippen molar-refractivity contribution in [2.45, 2.75) is 33.7 Å². The van der Waals surface area contributed by atoms with Crippen LogP contribution in [-0.4, -0.2) is 17.6 Å². The molecule has 1 heterocycles. The van der Waals surface area contributed by atoms with Gasteiger partial charge in [-0.05, 0) is 27.0 Å². The molecule has 0 atom stereocenters. The maximum atomic E-state index is 4.12. The molecule has 92 valence electrons. The molecule has 0 aliphatic rings. The molecule has 4 heteroatoms. The van der Waals surface area contributed by atoms with Gasteiger partial charge in [0, 0.05) is 24.5 Å². The van der Waals surface area contributed by atoms with Gasteiger partial charge >= 0.3 is 0 Å². The number of allylic oxidation sites excluding steroid dienone is 1. The molecule has 4 nitrogen and oxygen atoms in total. The normalized spacial score (nSPS) is 11.5. The lowest BCUT2D eigenvalue weighted by Gasteiger charge is -1.99. The van der Waals surface area contributed by atoms with E-state index in [1.165, 1.54) is 0 Å². The fourth-order valence-corrected chi connectivity index (χ4v) is 1.56. The number of aromatic nitrogens is 1. The monoisotopic (exact) mass is 232 g/mol. The summed E-state index contributed by atoms with van der Waals surface area (Å²) in [7, 11) is 0.